The van der Waals surface area contributed by atoms with Crippen LogP contribution in [0.25, 0.3) is 0 Å². The number of hydrazone groups is 1. The summed E-state index contributed by atoms with van der Waals surface area (Å²) in [5, 5.41) is 22.3. The molecule has 0 heterocycles. The molecular weight excluding hydrogens is 376 g/mol. The van der Waals surface area contributed by atoms with Crippen LogP contribution in [0.1, 0.15) is 28.2 Å². The number of hydrogen-bond donors (Lipinski definition) is 1. The van der Waals surface area contributed by atoms with Gasteiger partial charge in [-0.25, -0.2) is 5.43 Å². The Morgan fingerprint density at radius 3 is 2.40 bits per heavy atom. The molecule has 1 amide bonds. The first-order valence-electron chi connectivity index (χ1n) is 9.19. The molecule has 6 heteroatoms. The molecule has 3 aromatic rings. The van der Waals surface area contributed by atoms with Gasteiger partial charge in [-0.1, -0.05) is 48.5 Å². The van der Waals surface area contributed by atoms with Crippen LogP contribution in [0, 0.1) is 22.7 Å². The van der Waals surface area contributed by atoms with Crippen molar-refractivity contribution >= 4 is 12.1 Å². The van der Waals surface area contributed by atoms with Gasteiger partial charge in [0.1, 0.15) is 12.4 Å². The van der Waals surface area contributed by atoms with Crippen molar-refractivity contribution in [2.75, 3.05) is 0 Å². The molecule has 0 radical (unpaired) electrons. The first-order chi connectivity index (χ1) is 14.7. The molecule has 1 atom stereocenters. The molecule has 6 nitrogen and oxygen atoms in total. The molecule has 0 aromatic heterocycles. The minimum absolute atomic E-state index is 0.294. The summed E-state index contributed by atoms with van der Waals surface area (Å²) in [6, 6.07) is 27.4. The van der Waals surface area contributed by atoms with Crippen molar-refractivity contribution in [1.82, 2.24) is 5.43 Å². The first-order valence-corrected chi connectivity index (χ1v) is 9.19. The molecule has 0 bridgehead atoms. The van der Waals surface area contributed by atoms with Crippen LogP contribution in [0.4, 0.5) is 0 Å². The molecular formula is C24H18N4O2. The average Bonchev–Trinajstić information content (AvgIpc) is 2.80. The van der Waals surface area contributed by atoms with Crippen LogP contribution in [0.3, 0.4) is 0 Å². The molecule has 3 rings (SSSR count). The number of ether oxygens (including phenoxy) is 1. The highest BCUT2D eigenvalue weighted by molar-refractivity contribution is 5.88. The molecule has 0 fully saturated rings. The van der Waals surface area contributed by atoms with E-state index in [1.807, 2.05) is 30.3 Å². The number of hydrogen-bond acceptors (Lipinski definition) is 5. The van der Waals surface area contributed by atoms with Crippen LogP contribution < -0.4 is 10.2 Å². The van der Waals surface area contributed by atoms with Crippen LogP contribution in [0.15, 0.2) is 84.0 Å². The zero-order chi connectivity index (χ0) is 21.2. The SMILES string of the molecule is N#Cc1ccccc1COc1ccc(/C=N\NC(=O)[C@H](C#N)c2ccccc2)cc1. The second-order valence-electron chi connectivity index (χ2n) is 6.33. The summed E-state index contributed by atoms with van der Waals surface area (Å²) in [6.07, 6.45) is 1.49. The van der Waals surface area contributed by atoms with Crippen molar-refractivity contribution in [3.8, 4) is 17.9 Å². The second-order valence-corrected chi connectivity index (χ2v) is 6.33. The zero-order valence-electron chi connectivity index (χ0n) is 16.0. The summed E-state index contributed by atoms with van der Waals surface area (Å²) in [7, 11) is 0. The van der Waals surface area contributed by atoms with Crippen molar-refractivity contribution in [3.63, 3.8) is 0 Å². The Hall–Kier alpha value is -4.42. The molecule has 0 aliphatic carbocycles. The van der Waals surface area contributed by atoms with Crippen LogP contribution >= 0.6 is 0 Å². The summed E-state index contributed by atoms with van der Waals surface area (Å²) in [5.41, 5.74) is 5.18. The van der Waals surface area contributed by atoms with Crippen LogP contribution in [-0.4, -0.2) is 12.1 Å². The van der Waals surface area contributed by atoms with Gasteiger partial charge in [-0.05, 0) is 41.5 Å². The number of nitrogens with zero attached hydrogens (tertiary/aromatic N) is 3. The topological polar surface area (TPSA) is 98.3 Å². The zero-order valence-corrected chi connectivity index (χ0v) is 16.0. The molecule has 0 saturated carbocycles. The van der Waals surface area contributed by atoms with E-state index in [0.717, 1.165) is 11.1 Å². The summed E-state index contributed by atoms with van der Waals surface area (Å²) in [5.74, 6) is -0.760. The van der Waals surface area contributed by atoms with Gasteiger partial charge in [-0.15, -0.1) is 0 Å². The lowest BCUT2D eigenvalue weighted by Crippen LogP contribution is -2.24. The van der Waals surface area contributed by atoms with E-state index in [1.54, 1.807) is 54.6 Å². The molecule has 30 heavy (non-hydrogen) atoms. The Bertz CT molecular complexity index is 1110. The van der Waals surface area contributed by atoms with Gasteiger partial charge < -0.3 is 4.74 Å². The minimum atomic E-state index is -0.921. The normalized spacial score (nSPS) is 11.3. The largest absolute Gasteiger partial charge is 0.489 e. The van der Waals surface area contributed by atoms with E-state index in [9.17, 15) is 10.1 Å². The van der Waals surface area contributed by atoms with E-state index in [-0.39, 0.29) is 0 Å². The Balaban J connectivity index is 1.55. The van der Waals surface area contributed by atoms with E-state index < -0.39 is 11.8 Å². The Morgan fingerprint density at radius 2 is 1.70 bits per heavy atom. The summed E-state index contributed by atoms with van der Waals surface area (Å²) < 4.78 is 5.73. The van der Waals surface area contributed by atoms with Gasteiger partial charge in [0.15, 0.2) is 5.92 Å². The Morgan fingerprint density at radius 1 is 1.00 bits per heavy atom. The predicted molar refractivity (Wildman–Crippen MR) is 112 cm³/mol. The maximum Gasteiger partial charge on any atom is 0.261 e. The molecule has 0 spiro atoms. The number of nitrogens with one attached hydrogen (secondary N) is 1. The summed E-state index contributed by atoms with van der Waals surface area (Å²) in [4.78, 5) is 12.2. The number of rotatable bonds is 7. The van der Waals surface area contributed by atoms with E-state index in [4.69, 9.17) is 10.00 Å². The predicted octanol–water partition coefficient (Wildman–Crippen LogP) is 3.89. The molecule has 0 aliphatic heterocycles. The monoisotopic (exact) mass is 394 g/mol. The minimum Gasteiger partial charge on any atom is -0.489 e. The van der Waals surface area contributed by atoms with E-state index in [2.05, 4.69) is 16.6 Å². The quantitative estimate of drug-likeness (QED) is 0.485. The third kappa shape index (κ3) is 5.31. The Labute approximate surface area is 174 Å². The van der Waals surface area contributed by atoms with Crippen LogP contribution in [0.2, 0.25) is 0 Å². The van der Waals surface area contributed by atoms with E-state index in [1.165, 1.54) is 6.21 Å². The van der Waals surface area contributed by atoms with Crippen LogP contribution in [0.5, 0.6) is 5.75 Å². The molecule has 1 N–H and O–H groups in total. The molecule has 146 valence electrons. The molecule has 0 saturated heterocycles. The summed E-state index contributed by atoms with van der Waals surface area (Å²) in [6.45, 7) is 0.294. The number of carbonyl (C=O) groups excluding carboxylic acids is 1. The average molecular weight is 394 g/mol. The number of amides is 1. The lowest BCUT2D eigenvalue weighted by Gasteiger charge is -2.08. The number of carbonyl (C=O) groups is 1. The second kappa shape index (κ2) is 10.2. The lowest BCUT2D eigenvalue weighted by molar-refractivity contribution is -0.121. The van der Waals surface area contributed by atoms with Gasteiger partial charge >= 0.3 is 0 Å². The molecule has 3 aromatic carbocycles. The van der Waals surface area contributed by atoms with Crippen molar-refractivity contribution < 1.29 is 9.53 Å². The van der Waals surface area contributed by atoms with Crippen molar-refractivity contribution in [2.45, 2.75) is 12.5 Å². The molecule has 0 unspecified atom stereocenters. The number of benzene rings is 3. The van der Waals surface area contributed by atoms with Crippen LogP contribution in [-0.2, 0) is 11.4 Å². The fourth-order valence-electron chi connectivity index (χ4n) is 2.73. The molecule has 0 aliphatic rings. The standard InChI is InChI=1S/C24H18N4O2/c25-14-20-8-4-5-9-21(20)17-30-22-12-10-18(11-13-22)16-27-28-24(29)23(15-26)19-6-2-1-3-7-19/h1-13,16,23H,17H2,(H,28,29)/b27-16-/t23-/m1/s1. The smallest absolute Gasteiger partial charge is 0.261 e. The van der Waals surface area contributed by atoms with Gasteiger partial charge in [0, 0.05) is 5.56 Å². The fourth-order valence-corrected chi connectivity index (χ4v) is 2.73. The van der Waals surface area contributed by atoms with Crippen molar-refractivity contribution in [1.29, 1.82) is 10.5 Å². The lowest BCUT2D eigenvalue weighted by atomic mass is 10.0. The van der Waals surface area contributed by atoms with Gasteiger partial charge in [0.2, 0.25) is 0 Å². The maximum absolute atomic E-state index is 12.2. The third-order valence-electron chi connectivity index (χ3n) is 4.32. The highest BCUT2D eigenvalue weighted by Crippen LogP contribution is 2.16. The highest BCUT2D eigenvalue weighted by Gasteiger charge is 2.19. The van der Waals surface area contributed by atoms with Crippen molar-refractivity contribution in [3.05, 3.63) is 101 Å². The number of nitriles is 2. The highest BCUT2D eigenvalue weighted by atomic mass is 16.5. The van der Waals surface area contributed by atoms with Gasteiger partial charge in [0.05, 0.1) is 23.9 Å². The first kappa shape index (κ1) is 20.3. The van der Waals surface area contributed by atoms with Gasteiger partial charge in [-0.3, -0.25) is 4.79 Å². The van der Waals surface area contributed by atoms with Gasteiger partial charge in [0.25, 0.3) is 5.91 Å². The van der Waals surface area contributed by atoms with Crippen molar-refractivity contribution in [2.24, 2.45) is 5.10 Å². The third-order valence-corrected chi connectivity index (χ3v) is 4.32. The van der Waals surface area contributed by atoms with Gasteiger partial charge in [-0.2, -0.15) is 15.6 Å². The van der Waals surface area contributed by atoms with E-state index >= 15 is 0 Å². The fraction of sp³-hybridized carbons (Fsp3) is 0.0833. The van der Waals surface area contributed by atoms with E-state index in [0.29, 0.717) is 23.5 Å². The Kier molecular flexibility index (Phi) is 6.92. The summed E-state index contributed by atoms with van der Waals surface area (Å²) >= 11 is 0. The maximum atomic E-state index is 12.2.